The van der Waals surface area contributed by atoms with Crippen LogP contribution in [-0.2, 0) is 0 Å². The highest BCUT2D eigenvalue weighted by atomic mass is 19.1. The molecule has 0 saturated carbocycles. The van der Waals surface area contributed by atoms with Gasteiger partial charge in [-0.2, -0.15) is 0 Å². The highest BCUT2D eigenvalue weighted by molar-refractivity contribution is 6.09. The summed E-state index contributed by atoms with van der Waals surface area (Å²) in [6.45, 7) is 3.69. The van der Waals surface area contributed by atoms with Gasteiger partial charge in [0.25, 0.3) is 11.8 Å². The molecule has 0 aromatic heterocycles. The summed E-state index contributed by atoms with van der Waals surface area (Å²) in [6.07, 6.45) is -0.983. The lowest BCUT2D eigenvalue weighted by Gasteiger charge is -2.39. The molecule has 3 aromatic rings. The number of hydrogen-bond acceptors (Lipinski definition) is 5. The van der Waals surface area contributed by atoms with E-state index in [1.54, 1.807) is 44.3 Å². The van der Waals surface area contributed by atoms with Crippen molar-refractivity contribution in [3.8, 4) is 11.1 Å². The van der Waals surface area contributed by atoms with Crippen molar-refractivity contribution in [3.05, 3.63) is 82.7 Å². The van der Waals surface area contributed by atoms with Crippen LogP contribution in [-0.4, -0.2) is 79.5 Å². The normalized spacial score (nSPS) is 13.3. The number of aryl methyl sites for hydroxylation is 2. The molecule has 1 aliphatic rings. The molecule has 1 fully saturated rings. The van der Waals surface area contributed by atoms with Gasteiger partial charge in [0.2, 0.25) is 0 Å². The molecular formula is C30H33F2N3O4. The van der Waals surface area contributed by atoms with Crippen molar-refractivity contribution in [2.75, 3.05) is 56.2 Å². The second-order valence-electron chi connectivity index (χ2n) is 9.77. The minimum Gasteiger partial charge on any atom is -0.395 e. The van der Waals surface area contributed by atoms with Crippen LogP contribution in [0.4, 0.5) is 20.2 Å². The minimum atomic E-state index is -0.983. The summed E-state index contributed by atoms with van der Waals surface area (Å²) in [5, 5.41) is 18.6. The van der Waals surface area contributed by atoms with Crippen molar-refractivity contribution in [1.82, 2.24) is 4.90 Å². The predicted molar refractivity (Wildman–Crippen MR) is 148 cm³/mol. The number of hydrogen-bond donors (Lipinski definition) is 2. The first-order valence-corrected chi connectivity index (χ1v) is 12.8. The number of carbonyl (C=O) groups excluding carboxylic acids is 2. The summed E-state index contributed by atoms with van der Waals surface area (Å²) >= 11 is 0. The van der Waals surface area contributed by atoms with E-state index in [4.69, 9.17) is 0 Å². The summed E-state index contributed by atoms with van der Waals surface area (Å²) in [5.41, 5.74) is 4.49. The smallest absolute Gasteiger partial charge is 0.261 e. The number of rotatable bonds is 9. The van der Waals surface area contributed by atoms with Gasteiger partial charge >= 0.3 is 0 Å². The number of anilines is 2. The monoisotopic (exact) mass is 537 g/mol. The van der Waals surface area contributed by atoms with Gasteiger partial charge in [-0.3, -0.25) is 9.59 Å². The molecule has 1 aliphatic heterocycles. The van der Waals surface area contributed by atoms with Gasteiger partial charge in [0.05, 0.1) is 43.2 Å². The number of amides is 2. The third-order valence-electron chi connectivity index (χ3n) is 7.08. The van der Waals surface area contributed by atoms with Gasteiger partial charge in [-0.25, -0.2) is 8.78 Å². The lowest BCUT2D eigenvalue weighted by atomic mass is 9.95. The van der Waals surface area contributed by atoms with Crippen molar-refractivity contribution in [3.63, 3.8) is 0 Å². The van der Waals surface area contributed by atoms with Gasteiger partial charge in [-0.1, -0.05) is 24.3 Å². The molecule has 39 heavy (non-hydrogen) atoms. The van der Waals surface area contributed by atoms with Crippen LogP contribution < -0.4 is 9.80 Å². The van der Waals surface area contributed by atoms with E-state index in [2.05, 4.69) is 0 Å². The van der Waals surface area contributed by atoms with Crippen molar-refractivity contribution in [1.29, 1.82) is 0 Å². The summed E-state index contributed by atoms with van der Waals surface area (Å²) < 4.78 is 28.5. The Labute approximate surface area is 226 Å². The number of alkyl halides is 1. The predicted octanol–water partition coefficient (Wildman–Crippen LogP) is 3.97. The Morgan fingerprint density at radius 2 is 1.64 bits per heavy atom. The molecule has 2 amide bonds. The lowest BCUT2D eigenvalue weighted by Crippen LogP contribution is -2.49. The van der Waals surface area contributed by atoms with E-state index in [0.717, 1.165) is 16.7 Å². The van der Waals surface area contributed by atoms with Crippen LogP contribution >= 0.6 is 0 Å². The van der Waals surface area contributed by atoms with E-state index >= 15 is 0 Å². The number of benzene rings is 3. The Morgan fingerprint density at radius 3 is 2.26 bits per heavy atom. The Kier molecular flexibility index (Phi) is 8.62. The first-order valence-electron chi connectivity index (χ1n) is 12.8. The fraction of sp³-hybridized carbons (Fsp3) is 0.333. The summed E-state index contributed by atoms with van der Waals surface area (Å²) in [4.78, 5) is 31.0. The highest BCUT2D eigenvalue weighted by Crippen LogP contribution is 2.38. The fourth-order valence-corrected chi connectivity index (χ4v) is 4.83. The van der Waals surface area contributed by atoms with Gasteiger partial charge in [0.15, 0.2) is 0 Å². The third-order valence-corrected chi connectivity index (χ3v) is 7.08. The van der Waals surface area contributed by atoms with E-state index in [9.17, 15) is 28.6 Å². The Bertz CT molecular complexity index is 1350. The van der Waals surface area contributed by atoms with Crippen LogP contribution in [0.2, 0.25) is 0 Å². The molecule has 0 radical (unpaired) electrons. The van der Waals surface area contributed by atoms with Gasteiger partial charge in [0, 0.05) is 25.7 Å². The molecule has 4 rings (SSSR count). The van der Waals surface area contributed by atoms with E-state index in [1.807, 2.05) is 30.0 Å². The van der Waals surface area contributed by atoms with Crippen LogP contribution in [0.1, 0.15) is 31.8 Å². The molecule has 9 heteroatoms. The van der Waals surface area contributed by atoms with Crippen LogP contribution in [0, 0.1) is 19.7 Å². The number of aliphatic hydroxyl groups excluding tert-OH is 2. The quantitative estimate of drug-likeness (QED) is 0.432. The molecule has 3 aromatic carbocycles. The first kappa shape index (κ1) is 28.2. The summed E-state index contributed by atoms with van der Waals surface area (Å²) in [7, 11) is 1.57. The minimum absolute atomic E-state index is 0.0145. The zero-order chi connectivity index (χ0) is 28.3. The zero-order valence-electron chi connectivity index (χ0n) is 22.3. The number of aliphatic hydroxyl groups is 2. The Hall–Kier alpha value is -3.82. The fourth-order valence-electron chi connectivity index (χ4n) is 4.83. The van der Waals surface area contributed by atoms with Gasteiger partial charge in [-0.05, 0) is 66.4 Å². The van der Waals surface area contributed by atoms with E-state index in [-0.39, 0.29) is 50.9 Å². The van der Waals surface area contributed by atoms with Crippen LogP contribution in [0.3, 0.4) is 0 Å². The maximum Gasteiger partial charge on any atom is 0.261 e. The summed E-state index contributed by atoms with van der Waals surface area (Å²) in [6, 6.07) is 15.2. The zero-order valence-corrected chi connectivity index (χ0v) is 22.3. The maximum atomic E-state index is 14.6. The molecule has 0 spiro atoms. The van der Waals surface area contributed by atoms with E-state index in [0.29, 0.717) is 22.5 Å². The summed E-state index contributed by atoms with van der Waals surface area (Å²) in [5.74, 6) is -1.43. The molecule has 206 valence electrons. The molecule has 7 nitrogen and oxygen atoms in total. The van der Waals surface area contributed by atoms with Crippen LogP contribution in [0.25, 0.3) is 11.1 Å². The Balaban J connectivity index is 1.74. The molecule has 0 unspecified atom stereocenters. The number of carbonyl (C=O) groups is 2. The van der Waals surface area contributed by atoms with Crippen LogP contribution in [0.15, 0.2) is 54.6 Å². The third kappa shape index (κ3) is 5.79. The molecule has 0 bridgehead atoms. The standard InChI is InChI=1S/C30H33F2N3O4/c1-19-7-8-22(29(38)34(11-13-36)12-14-37)15-24(19)21-9-10-26(27(16-21)35-17-23(31)18-35)33(3)30(39)28-20(2)5-4-6-25(28)32/h4-10,15-16,23,36-37H,11-14,17-18H2,1-3H3. The first-order chi connectivity index (χ1) is 18.7. The molecule has 2 N–H and O–H groups in total. The molecular weight excluding hydrogens is 504 g/mol. The molecule has 1 saturated heterocycles. The average Bonchev–Trinajstić information content (AvgIpc) is 2.90. The van der Waals surface area contributed by atoms with Crippen LogP contribution in [0.5, 0.6) is 0 Å². The molecule has 0 atom stereocenters. The highest BCUT2D eigenvalue weighted by Gasteiger charge is 2.31. The van der Waals surface area contributed by atoms with Crippen molar-refractivity contribution in [2.45, 2.75) is 20.0 Å². The maximum absolute atomic E-state index is 14.6. The van der Waals surface area contributed by atoms with Crippen molar-refractivity contribution < 1.29 is 28.6 Å². The molecule has 0 aliphatic carbocycles. The van der Waals surface area contributed by atoms with E-state index in [1.165, 1.54) is 15.9 Å². The second kappa shape index (κ2) is 11.9. The SMILES string of the molecule is Cc1ccc(C(=O)N(CCO)CCO)cc1-c1ccc(N(C)C(=O)c2c(C)cccc2F)c(N2CC(F)C2)c1. The van der Waals surface area contributed by atoms with Gasteiger partial charge < -0.3 is 24.9 Å². The van der Waals surface area contributed by atoms with Gasteiger partial charge in [-0.15, -0.1) is 0 Å². The molecule has 1 heterocycles. The number of nitrogens with zero attached hydrogens (tertiary/aromatic N) is 3. The second-order valence-corrected chi connectivity index (χ2v) is 9.77. The topological polar surface area (TPSA) is 84.3 Å². The Morgan fingerprint density at radius 1 is 0.949 bits per heavy atom. The van der Waals surface area contributed by atoms with Crippen molar-refractivity contribution in [2.24, 2.45) is 0 Å². The lowest BCUT2D eigenvalue weighted by molar-refractivity contribution is 0.0684. The van der Waals surface area contributed by atoms with Gasteiger partial charge in [0.1, 0.15) is 12.0 Å². The van der Waals surface area contributed by atoms with Crippen molar-refractivity contribution >= 4 is 23.2 Å². The largest absolute Gasteiger partial charge is 0.395 e. The van der Waals surface area contributed by atoms with E-state index < -0.39 is 17.9 Å². The number of halogens is 2. The average molecular weight is 538 g/mol.